The number of nitrogens with one attached hydrogen (secondary N) is 1. The Balaban J connectivity index is 2.36. The minimum absolute atomic E-state index is 0.445. The SMILES string of the molecule is NNc1nc(Oc2ccc([N+](=O)[O-])cc2F)c(F)cc1F. The van der Waals surface area contributed by atoms with Gasteiger partial charge in [-0.05, 0) is 6.07 Å². The number of anilines is 1. The summed E-state index contributed by atoms with van der Waals surface area (Å²) in [4.78, 5) is 13.0. The first-order valence-electron chi connectivity index (χ1n) is 5.37. The minimum Gasteiger partial charge on any atom is -0.433 e. The van der Waals surface area contributed by atoms with Crippen molar-refractivity contribution in [2.24, 2.45) is 5.84 Å². The molecule has 1 aromatic heterocycles. The molecule has 0 radical (unpaired) electrons. The van der Waals surface area contributed by atoms with Crippen LogP contribution in [0.15, 0.2) is 24.3 Å². The number of hydrogen-bond donors (Lipinski definition) is 2. The number of non-ortho nitro benzene ring substituents is 1. The van der Waals surface area contributed by atoms with Crippen molar-refractivity contribution < 1.29 is 22.8 Å². The van der Waals surface area contributed by atoms with E-state index in [-0.39, 0.29) is 0 Å². The van der Waals surface area contributed by atoms with Gasteiger partial charge in [0.05, 0.1) is 11.0 Å². The topological polar surface area (TPSA) is 103 Å². The van der Waals surface area contributed by atoms with Gasteiger partial charge in [0.15, 0.2) is 29.0 Å². The number of benzene rings is 1. The van der Waals surface area contributed by atoms with Crippen LogP contribution in [-0.4, -0.2) is 9.91 Å². The lowest BCUT2D eigenvalue weighted by molar-refractivity contribution is -0.385. The van der Waals surface area contributed by atoms with Crippen molar-refractivity contribution in [1.29, 1.82) is 0 Å². The average Bonchev–Trinajstić information content (AvgIpc) is 2.43. The monoisotopic (exact) mass is 300 g/mol. The predicted molar refractivity (Wildman–Crippen MR) is 65.1 cm³/mol. The zero-order valence-corrected chi connectivity index (χ0v) is 10.1. The Morgan fingerprint density at radius 2 is 1.90 bits per heavy atom. The number of hydrazine groups is 1. The molecular weight excluding hydrogens is 293 g/mol. The summed E-state index contributed by atoms with van der Waals surface area (Å²) in [6, 6.07) is 2.93. The summed E-state index contributed by atoms with van der Waals surface area (Å²) in [6.07, 6.45) is 0. The maximum absolute atomic E-state index is 13.6. The van der Waals surface area contributed by atoms with E-state index in [1.54, 1.807) is 0 Å². The molecule has 0 atom stereocenters. The number of nitro benzene ring substituents is 1. The van der Waals surface area contributed by atoms with Gasteiger partial charge in [-0.15, -0.1) is 0 Å². The van der Waals surface area contributed by atoms with Gasteiger partial charge in [-0.25, -0.2) is 19.0 Å². The van der Waals surface area contributed by atoms with Gasteiger partial charge in [0.2, 0.25) is 0 Å². The van der Waals surface area contributed by atoms with Gasteiger partial charge in [-0.2, -0.15) is 4.98 Å². The van der Waals surface area contributed by atoms with Crippen LogP contribution in [0.5, 0.6) is 11.6 Å². The van der Waals surface area contributed by atoms with Crippen molar-refractivity contribution in [2.75, 3.05) is 5.43 Å². The molecule has 0 saturated carbocycles. The zero-order valence-electron chi connectivity index (χ0n) is 10.1. The van der Waals surface area contributed by atoms with Crippen molar-refractivity contribution in [3.05, 3.63) is 51.8 Å². The molecule has 10 heteroatoms. The Labute approximate surface area is 115 Å². The van der Waals surface area contributed by atoms with E-state index >= 15 is 0 Å². The van der Waals surface area contributed by atoms with Crippen LogP contribution in [0.25, 0.3) is 0 Å². The maximum Gasteiger partial charge on any atom is 0.272 e. The smallest absolute Gasteiger partial charge is 0.272 e. The van der Waals surface area contributed by atoms with Crippen LogP contribution in [0.3, 0.4) is 0 Å². The second kappa shape index (κ2) is 5.63. The molecule has 2 aromatic rings. The van der Waals surface area contributed by atoms with E-state index in [4.69, 9.17) is 10.6 Å². The highest BCUT2D eigenvalue weighted by Gasteiger charge is 2.17. The molecule has 1 aromatic carbocycles. The summed E-state index contributed by atoms with van der Waals surface area (Å²) >= 11 is 0. The molecule has 110 valence electrons. The third-order valence-electron chi connectivity index (χ3n) is 2.37. The van der Waals surface area contributed by atoms with Gasteiger partial charge in [0.1, 0.15) is 0 Å². The second-order valence-corrected chi connectivity index (χ2v) is 3.72. The summed E-state index contributed by atoms with van der Waals surface area (Å²) in [5, 5.41) is 10.5. The van der Waals surface area contributed by atoms with Gasteiger partial charge in [-0.3, -0.25) is 10.1 Å². The Hall–Kier alpha value is -2.88. The van der Waals surface area contributed by atoms with Crippen molar-refractivity contribution >= 4 is 11.5 Å². The van der Waals surface area contributed by atoms with E-state index in [9.17, 15) is 23.3 Å². The maximum atomic E-state index is 13.6. The molecule has 0 saturated heterocycles. The van der Waals surface area contributed by atoms with Crippen LogP contribution in [0.1, 0.15) is 0 Å². The summed E-state index contributed by atoms with van der Waals surface area (Å²) in [5.74, 6) is -0.144. The first-order chi connectivity index (χ1) is 9.92. The predicted octanol–water partition coefficient (Wildman–Crippen LogP) is 2.49. The number of nitrogen functional groups attached to an aromatic ring is 1. The standard InChI is InChI=1S/C11H7F3N4O3/c12-6-3-5(18(19)20)1-2-9(6)21-11-8(14)4-7(13)10(16-11)17-15/h1-4H,15H2,(H,16,17). The minimum atomic E-state index is -1.19. The highest BCUT2D eigenvalue weighted by Crippen LogP contribution is 2.29. The summed E-state index contributed by atoms with van der Waals surface area (Å²) in [7, 11) is 0. The number of aromatic nitrogens is 1. The van der Waals surface area contributed by atoms with E-state index < -0.39 is 45.5 Å². The summed E-state index contributed by atoms with van der Waals surface area (Å²) < 4.78 is 45.0. The number of pyridine rings is 1. The van der Waals surface area contributed by atoms with E-state index in [0.29, 0.717) is 12.1 Å². The number of rotatable bonds is 4. The van der Waals surface area contributed by atoms with Gasteiger partial charge in [0.25, 0.3) is 11.6 Å². The first-order valence-corrected chi connectivity index (χ1v) is 5.37. The fourth-order valence-corrected chi connectivity index (χ4v) is 1.41. The van der Waals surface area contributed by atoms with Gasteiger partial charge >= 0.3 is 0 Å². The van der Waals surface area contributed by atoms with Crippen molar-refractivity contribution in [2.45, 2.75) is 0 Å². The number of ether oxygens (including phenoxy) is 1. The van der Waals surface area contributed by atoms with Crippen LogP contribution in [0.4, 0.5) is 24.7 Å². The molecule has 21 heavy (non-hydrogen) atoms. The van der Waals surface area contributed by atoms with Crippen molar-refractivity contribution in [3.63, 3.8) is 0 Å². The second-order valence-electron chi connectivity index (χ2n) is 3.72. The quantitative estimate of drug-likeness (QED) is 0.511. The molecule has 0 fully saturated rings. The fourth-order valence-electron chi connectivity index (χ4n) is 1.41. The Kier molecular flexibility index (Phi) is 3.89. The highest BCUT2D eigenvalue weighted by atomic mass is 19.1. The normalized spacial score (nSPS) is 10.3. The van der Waals surface area contributed by atoms with Crippen LogP contribution in [-0.2, 0) is 0 Å². The molecule has 0 aliphatic carbocycles. The molecule has 0 amide bonds. The number of nitrogens with zero attached hydrogens (tertiary/aromatic N) is 2. The number of nitro groups is 1. The lowest BCUT2D eigenvalue weighted by Crippen LogP contribution is -2.11. The summed E-state index contributed by atoms with van der Waals surface area (Å²) in [6.45, 7) is 0. The molecule has 7 nitrogen and oxygen atoms in total. The van der Waals surface area contributed by atoms with E-state index in [0.717, 1.165) is 12.1 Å². The number of halogens is 3. The van der Waals surface area contributed by atoms with Crippen molar-refractivity contribution in [1.82, 2.24) is 4.98 Å². The molecular formula is C11H7F3N4O3. The molecule has 0 bridgehead atoms. The molecule has 0 aliphatic heterocycles. The van der Waals surface area contributed by atoms with E-state index in [1.165, 1.54) is 0 Å². The number of hydrogen-bond acceptors (Lipinski definition) is 6. The third kappa shape index (κ3) is 3.00. The summed E-state index contributed by atoms with van der Waals surface area (Å²) in [5.41, 5.74) is 1.37. The van der Waals surface area contributed by atoms with Gasteiger partial charge in [0, 0.05) is 12.1 Å². The fraction of sp³-hybridized carbons (Fsp3) is 0. The third-order valence-corrected chi connectivity index (χ3v) is 2.37. The van der Waals surface area contributed by atoms with E-state index in [1.807, 2.05) is 5.43 Å². The molecule has 3 N–H and O–H groups in total. The van der Waals surface area contributed by atoms with Crippen LogP contribution >= 0.6 is 0 Å². The van der Waals surface area contributed by atoms with Gasteiger partial charge in [-0.1, -0.05) is 0 Å². The number of nitrogens with two attached hydrogens (primary N) is 1. The van der Waals surface area contributed by atoms with Crippen LogP contribution in [0, 0.1) is 27.6 Å². The lowest BCUT2D eigenvalue weighted by atomic mass is 10.3. The molecule has 0 spiro atoms. The molecule has 0 aliphatic rings. The molecule has 2 rings (SSSR count). The Bertz CT molecular complexity index is 711. The Morgan fingerprint density at radius 1 is 1.19 bits per heavy atom. The lowest BCUT2D eigenvalue weighted by Gasteiger charge is -2.08. The molecule has 1 heterocycles. The zero-order chi connectivity index (χ0) is 15.6. The molecule has 0 unspecified atom stereocenters. The van der Waals surface area contributed by atoms with Crippen molar-refractivity contribution in [3.8, 4) is 11.6 Å². The van der Waals surface area contributed by atoms with Gasteiger partial charge < -0.3 is 10.2 Å². The largest absolute Gasteiger partial charge is 0.433 e. The Morgan fingerprint density at radius 3 is 2.48 bits per heavy atom. The van der Waals surface area contributed by atoms with Crippen LogP contribution in [0.2, 0.25) is 0 Å². The average molecular weight is 300 g/mol. The van der Waals surface area contributed by atoms with Crippen LogP contribution < -0.4 is 16.0 Å². The highest BCUT2D eigenvalue weighted by molar-refractivity contribution is 5.42. The van der Waals surface area contributed by atoms with E-state index in [2.05, 4.69) is 4.98 Å². The first kappa shape index (κ1) is 14.5.